The highest BCUT2D eigenvalue weighted by molar-refractivity contribution is 6.11. The Bertz CT molecular complexity index is 597. The molecule has 1 saturated heterocycles. The van der Waals surface area contributed by atoms with Gasteiger partial charge in [0.2, 0.25) is 5.91 Å². The Morgan fingerprint density at radius 3 is 2.82 bits per heavy atom. The number of aryl methyl sites for hydroxylation is 1. The number of amides is 2. The van der Waals surface area contributed by atoms with Gasteiger partial charge in [-0.15, -0.1) is 0 Å². The Balaban J connectivity index is 2.05. The molecule has 2 heterocycles. The van der Waals surface area contributed by atoms with Crippen LogP contribution in [0.1, 0.15) is 54.9 Å². The van der Waals surface area contributed by atoms with Crippen LogP contribution in [0.3, 0.4) is 0 Å². The van der Waals surface area contributed by atoms with Gasteiger partial charge in [-0.2, -0.15) is 0 Å². The van der Waals surface area contributed by atoms with Gasteiger partial charge >= 0.3 is 0 Å². The summed E-state index contributed by atoms with van der Waals surface area (Å²) in [6.07, 6.45) is 4.93. The number of nitrogens with zero attached hydrogens (tertiary/aromatic N) is 2. The number of unbranched alkanes of at least 4 members (excludes halogenated alkanes) is 2. The molecule has 1 aromatic carbocycles. The number of benzene rings is 1. The van der Waals surface area contributed by atoms with Crippen LogP contribution >= 0.6 is 0 Å². The topological polar surface area (TPSA) is 40.6 Å². The zero-order valence-electron chi connectivity index (χ0n) is 13.5. The fourth-order valence-electron chi connectivity index (χ4n) is 3.64. The van der Waals surface area contributed by atoms with E-state index in [0.29, 0.717) is 18.7 Å². The first-order chi connectivity index (χ1) is 10.6. The molecule has 118 valence electrons. The summed E-state index contributed by atoms with van der Waals surface area (Å²) in [7, 11) is 0. The summed E-state index contributed by atoms with van der Waals surface area (Å²) >= 11 is 0. The molecule has 0 aliphatic carbocycles. The minimum Gasteiger partial charge on any atom is -0.327 e. The summed E-state index contributed by atoms with van der Waals surface area (Å²) in [6, 6.07) is 5.51. The van der Waals surface area contributed by atoms with Crippen molar-refractivity contribution in [3.05, 3.63) is 29.3 Å². The van der Waals surface area contributed by atoms with E-state index in [1.54, 1.807) is 4.90 Å². The number of hydrogen-bond acceptors (Lipinski definition) is 2. The maximum absolute atomic E-state index is 13.0. The molecule has 2 aliphatic heterocycles. The van der Waals surface area contributed by atoms with E-state index in [2.05, 4.69) is 6.92 Å². The molecule has 3 rings (SSSR count). The SMILES string of the molecule is CCCCCN1C(=O)[C@@H]2CCCN2C(=O)c2cccc(C)c21. The monoisotopic (exact) mass is 300 g/mol. The van der Waals surface area contributed by atoms with Gasteiger partial charge in [0.1, 0.15) is 6.04 Å². The molecule has 0 saturated carbocycles. The van der Waals surface area contributed by atoms with Gasteiger partial charge in [-0.1, -0.05) is 31.9 Å². The summed E-state index contributed by atoms with van der Waals surface area (Å²) < 4.78 is 0. The van der Waals surface area contributed by atoms with Crippen LogP contribution in [0.25, 0.3) is 0 Å². The Hall–Kier alpha value is -1.84. The van der Waals surface area contributed by atoms with Crippen molar-refractivity contribution in [1.29, 1.82) is 0 Å². The highest BCUT2D eigenvalue weighted by Crippen LogP contribution is 2.34. The summed E-state index contributed by atoms with van der Waals surface area (Å²) in [6.45, 7) is 5.56. The van der Waals surface area contributed by atoms with E-state index in [4.69, 9.17) is 0 Å². The van der Waals surface area contributed by atoms with E-state index in [0.717, 1.165) is 43.4 Å². The zero-order chi connectivity index (χ0) is 15.7. The van der Waals surface area contributed by atoms with Crippen molar-refractivity contribution in [3.8, 4) is 0 Å². The molecule has 0 bridgehead atoms. The Morgan fingerprint density at radius 2 is 2.05 bits per heavy atom. The molecule has 0 radical (unpaired) electrons. The maximum atomic E-state index is 13.0. The first-order valence-electron chi connectivity index (χ1n) is 8.37. The average molecular weight is 300 g/mol. The number of carbonyl (C=O) groups excluding carboxylic acids is 2. The van der Waals surface area contributed by atoms with Crippen molar-refractivity contribution in [2.45, 2.75) is 52.0 Å². The van der Waals surface area contributed by atoms with Crippen LogP contribution in [0.4, 0.5) is 5.69 Å². The lowest BCUT2D eigenvalue weighted by Crippen LogP contribution is -2.45. The normalized spacial score (nSPS) is 20.9. The van der Waals surface area contributed by atoms with Crippen molar-refractivity contribution >= 4 is 17.5 Å². The number of fused-ring (bicyclic) bond motifs is 2. The molecule has 1 atom stereocenters. The molecule has 1 aromatic rings. The third-order valence-electron chi connectivity index (χ3n) is 4.79. The van der Waals surface area contributed by atoms with Crippen LogP contribution in [0.2, 0.25) is 0 Å². The number of anilines is 1. The Morgan fingerprint density at radius 1 is 1.23 bits per heavy atom. The Labute approximate surface area is 132 Å². The highest BCUT2D eigenvalue weighted by Gasteiger charge is 2.42. The first kappa shape index (κ1) is 15.1. The van der Waals surface area contributed by atoms with E-state index in [1.807, 2.05) is 30.0 Å². The molecule has 0 spiro atoms. The van der Waals surface area contributed by atoms with E-state index < -0.39 is 0 Å². The van der Waals surface area contributed by atoms with Crippen molar-refractivity contribution < 1.29 is 9.59 Å². The van der Waals surface area contributed by atoms with Crippen LogP contribution in [-0.2, 0) is 4.79 Å². The first-order valence-corrected chi connectivity index (χ1v) is 8.37. The maximum Gasteiger partial charge on any atom is 0.256 e. The number of carbonyl (C=O) groups is 2. The van der Waals surface area contributed by atoms with E-state index in [9.17, 15) is 9.59 Å². The molecular formula is C18H24N2O2. The van der Waals surface area contributed by atoms with Gasteiger partial charge in [-0.3, -0.25) is 9.59 Å². The van der Waals surface area contributed by atoms with Crippen molar-refractivity contribution in [1.82, 2.24) is 4.90 Å². The molecule has 4 heteroatoms. The van der Waals surface area contributed by atoms with Gasteiger partial charge in [-0.25, -0.2) is 0 Å². The lowest BCUT2D eigenvalue weighted by atomic mass is 10.1. The molecular weight excluding hydrogens is 276 g/mol. The standard InChI is InChI=1S/C18H24N2O2/c1-3-4-5-11-20-16-13(2)8-6-9-14(16)17(21)19-12-7-10-15(19)18(20)22/h6,8-9,15H,3-5,7,10-12H2,1-2H3/t15-/m0/s1. The van der Waals surface area contributed by atoms with Gasteiger partial charge in [-0.05, 0) is 37.8 Å². The fraction of sp³-hybridized carbons (Fsp3) is 0.556. The predicted octanol–water partition coefficient (Wildman–Crippen LogP) is 3.14. The van der Waals surface area contributed by atoms with Crippen LogP contribution in [-0.4, -0.2) is 35.8 Å². The predicted molar refractivity (Wildman–Crippen MR) is 87.1 cm³/mol. The molecule has 2 aliphatic rings. The summed E-state index contributed by atoms with van der Waals surface area (Å²) in [5.41, 5.74) is 2.54. The second kappa shape index (κ2) is 6.11. The second-order valence-electron chi connectivity index (χ2n) is 6.32. The second-order valence-corrected chi connectivity index (χ2v) is 6.32. The minimum absolute atomic E-state index is 0.0209. The van der Waals surface area contributed by atoms with E-state index in [-0.39, 0.29) is 17.9 Å². The van der Waals surface area contributed by atoms with Gasteiger partial charge in [0.05, 0.1) is 11.3 Å². The molecule has 0 N–H and O–H groups in total. The Kier molecular flexibility index (Phi) is 4.19. The molecule has 0 aromatic heterocycles. The van der Waals surface area contributed by atoms with Crippen LogP contribution in [0.5, 0.6) is 0 Å². The molecule has 4 nitrogen and oxygen atoms in total. The number of hydrogen-bond donors (Lipinski definition) is 0. The van der Waals surface area contributed by atoms with Crippen molar-refractivity contribution in [2.24, 2.45) is 0 Å². The van der Waals surface area contributed by atoms with Gasteiger partial charge in [0.25, 0.3) is 5.91 Å². The summed E-state index contributed by atoms with van der Waals surface area (Å²) in [5, 5.41) is 0. The average Bonchev–Trinajstić information content (AvgIpc) is 2.97. The van der Waals surface area contributed by atoms with Crippen LogP contribution in [0, 0.1) is 6.92 Å². The number of rotatable bonds is 4. The van der Waals surface area contributed by atoms with Crippen molar-refractivity contribution in [2.75, 3.05) is 18.0 Å². The highest BCUT2D eigenvalue weighted by atomic mass is 16.2. The van der Waals surface area contributed by atoms with E-state index >= 15 is 0 Å². The smallest absolute Gasteiger partial charge is 0.256 e. The molecule has 1 fully saturated rings. The van der Waals surface area contributed by atoms with Crippen molar-refractivity contribution in [3.63, 3.8) is 0 Å². The number of para-hydroxylation sites is 1. The van der Waals surface area contributed by atoms with Crippen LogP contribution in [0.15, 0.2) is 18.2 Å². The summed E-state index contributed by atoms with van der Waals surface area (Å²) in [5.74, 6) is 0.127. The van der Waals surface area contributed by atoms with Gasteiger partial charge in [0, 0.05) is 13.1 Å². The quantitative estimate of drug-likeness (QED) is 0.802. The van der Waals surface area contributed by atoms with Gasteiger partial charge in [0.15, 0.2) is 0 Å². The minimum atomic E-state index is -0.263. The molecule has 0 unspecified atom stereocenters. The van der Waals surface area contributed by atoms with E-state index in [1.165, 1.54) is 0 Å². The summed E-state index contributed by atoms with van der Waals surface area (Å²) in [4.78, 5) is 29.5. The lowest BCUT2D eigenvalue weighted by molar-refractivity contribution is -0.122. The zero-order valence-corrected chi connectivity index (χ0v) is 13.5. The largest absolute Gasteiger partial charge is 0.327 e. The lowest BCUT2D eigenvalue weighted by Gasteiger charge is -2.27. The van der Waals surface area contributed by atoms with Gasteiger partial charge < -0.3 is 9.80 Å². The molecule has 22 heavy (non-hydrogen) atoms. The molecule has 2 amide bonds. The fourth-order valence-corrected chi connectivity index (χ4v) is 3.64. The third-order valence-corrected chi connectivity index (χ3v) is 4.79. The van der Waals surface area contributed by atoms with Crippen LogP contribution < -0.4 is 4.90 Å². The third kappa shape index (κ3) is 2.40.